The van der Waals surface area contributed by atoms with Gasteiger partial charge in [0.15, 0.2) is 23.0 Å². The van der Waals surface area contributed by atoms with Crippen molar-refractivity contribution in [3.8, 4) is 34.5 Å². The Bertz CT molecular complexity index is 1240. The highest BCUT2D eigenvalue weighted by Gasteiger charge is 2.13. The summed E-state index contributed by atoms with van der Waals surface area (Å²) in [6.07, 6.45) is 6.69. The number of phenolic OH excluding ortho intramolecular Hbond substituents is 1. The van der Waals surface area contributed by atoms with E-state index in [4.69, 9.17) is 23.7 Å². The number of phenols is 1. The van der Waals surface area contributed by atoms with Crippen LogP contribution in [0.15, 0.2) is 54.6 Å². The monoisotopic (exact) mass is 491 g/mol. The second-order valence-corrected chi connectivity index (χ2v) is 7.51. The van der Waals surface area contributed by atoms with E-state index in [0.29, 0.717) is 22.8 Å². The maximum Gasteiger partial charge on any atom is 0.248 e. The van der Waals surface area contributed by atoms with Crippen molar-refractivity contribution in [1.82, 2.24) is 0 Å². The minimum atomic E-state index is -0.408. The van der Waals surface area contributed by atoms with Crippen molar-refractivity contribution in [2.24, 2.45) is 0 Å². The van der Waals surface area contributed by atoms with Crippen molar-refractivity contribution in [2.45, 2.75) is 0 Å². The Hall–Kier alpha value is -4.59. The molecule has 188 valence electrons. The number of rotatable bonds is 10. The number of amides is 1. The first-order chi connectivity index (χ1) is 17.4. The summed E-state index contributed by atoms with van der Waals surface area (Å²) in [6.45, 7) is 0. The van der Waals surface area contributed by atoms with Gasteiger partial charge in [-0.25, -0.2) is 0 Å². The molecule has 0 unspecified atom stereocenters. The van der Waals surface area contributed by atoms with E-state index in [1.807, 2.05) is 36.4 Å². The summed E-state index contributed by atoms with van der Waals surface area (Å²) in [5.41, 5.74) is 2.52. The van der Waals surface area contributed by atoms with Gasteiger partial charge in [0.05, 0.1) is 41.2 Å². The van der Waals surface area contributed by atoms with Crippen LogP contribution in [0.2, 0.25) is 0 Å². The van der Waals surface area contributed by atoms with Crippen LogP contribution in [0, 0.1) is 0 Å². The molecule has 0 aromatic heterocycles. The Kier molecular flexibility index (Phi) is 8.83. The summed E-state index contributed by atoms with van der Waals surface area (Å²) < 4.78 is 26.6. The van der Waals surface area contributed by atoms with Crippen LogP contribution in [0.1, 0.15) is 16.7 Å². The van der Waals surface area contributed by atoms with E-state index in [1.54, 1.807) is 58.8 Å². The average Bonchev–Trinajstić information content (AvgIpc) is 2.91. The molecule has 2 N–H and O–H groups in total. The minimum absolute atomic E-state index is 0.173. The lowest BCUT2D eigenvalue weighted by molar-refractivity contribution is -0.111. The summed E-state index contributed by atoms with van der Waals surface area (Å²) in [6, 6.07) is 14.2. The van der Waals surface area contributed by atoms with E-state index < -0.39 is 5.91 Å². The molecule has 3 aromatic rings. The smallest absolute Gasteiger partial charge is 0.248 e. The van der Waals surface area contributed by atoms with E-state index in [0.717, 1.165) is 16.9 Å². The Morgan fingerprint density at radius 2 is 1.25 bits per heavy atom. The van der Waals surface area contributed by atoms with E-state index >= 15 is 0 Å². The third kappa shape index (κ3) is 6.29. The molecule has 0 bridgehead atoms. The highest BCUT2D eigenvalue weighted by molar-refractivity contribution is 6.03. The van der Waals surface area contributed by atoms with Gasteiger partial charge in [-0.2, -0.15) is 0 Å². The molecule has 0 fully saturated rings. The minimum Gasteiger partial charge on any atom is -0.503 e. The van der Waals surface area contributed by atoms with Crippen molar-refractivity contribution in [3.63, 3.8) is 0 Å². The van der Waals surface area contributed by atoms with Crippen molar-refractivity contribution in [1.29, 1.82) is 0 Å². The predicted octanol–water partition coefficient (Wildman–Crippen LogP) is 5.26. The molecule has 0 radical (unpaired) electrons. The lowest BCUT2D eigenvalue weighted by Gasteiger charge is -2.13. The number of nitrogens with one attached hydrogen (secondary N) is 1. The molecule has 0 aliphatic carbocycles. The second kappa shape index (κ2) is 12.2. The Morgan fingerprint density at radius 1 is 0.694 bits per heavy atom. The van der Waals surface area contributed by atoms with E-state index in [-0.39, 0.29) is 17.2 Å². The van der Waals surface area contributed by atoms with Crippen LogP contribution in [0.25, 0.3) is 18.2 Å². The van der Waals surface area contributed by atoms with E-state index in [9.17, 15) is 9.90 Å². The Morgan fingerprint density at radius 3 is 1.78 bits per heavy atom. The average molecular weight is 492 g/mol. The normalized spacial score (nSPS) is 10.9. The number of carbonyl (C=O) groups is 1. The molecular weight excluding hydrogens is 462 g/mol. The fourth-order valence-corrected chi connectivity index (χ4v) is 3.43. The summed E-state index contributed by atoms with van der Waals surface area (Å²) in [5.74, 6) is 1.91. The fraction of sp³-hybridized carbons (Fsp3) is 0.179. The van der Waals surface area contributed by atoms with Gasteiger partial charge in [-0.15, -0.1) is 0 Å². The molecule has 0 aliphatic rings. The van der Waals surface area contributed by atoms with Crippen molar-refractivity contribution >= 4 is 29.8 Å². The zero-order chi connectivity index (χ0) is 26.1. The zero-order valence-corrected chi connectivity index (χ0v) is 20.8. The van der Waals surface area contributed by atoms with Crippen LogP contribution in [0.4, 0.5) is 5.69 Å². The number of hydrogen-bond acceptors (Lipinski definition) is 7. The van der Waals surface area contributed by atoms with Gasteiger partial charge >= 0.3 is 0 Å². The van der Waals surface area contributed by atoms with Crippen LogP contribution in [-0.2, 0) is 4.79 Å². The molecule has 0 atom stereocenters. The molecule has 8 heteroatoms. The Balaban J connectivity index is 1.84. The molecule has 0 spiro atoms. The summed E-state index contributed by atoms with van der Waals surface area (Å²) in [4.78, 5) is 12.5. The fourth-order valence-electron chi connectivity index (χ4n) is 3.43. The van der Waals surface area contributed by atoms with Gasteiger partial charge in [0, 0.05) is 6.08 Å². The number of hydrogen-bond donors (Lipinski definition) is 2. The van der Waals surface area contributed by atoms with Crippen LogP contribution >= 0.6 is 0 Å². The maximum absolute atomic E-state index is 12.5. The first-order valence-corrected chi connectivity index (χ1v) is 10.9. The number of aromatic hydroxyl groups is 1. The maximum atomic E-state index is 12.5. The predicted molar refractivity (Wildman–Crippen MR) is 140 cm³/mol. The third-order valence-corrected chi connectivity index (χ3v) is 5.27. The highest BCUT2D eigenvalue weighted by Crippen LogP contribution is 2.39. The number of carbonyl (C=O) groups excluding carboxylic acids is 1. The molecule has 3 rings (SSSR count). The molecule has 1 amide bonds. The highest BCUT2D eigenvalue weighted by atomic mass is 16.5. The third-order valence-electron chi connectivity index (χ3n) is 5.27. The first-order valence-electron chi connectivity index (χ1n) is 10.9. The number of anilines is 1. The molecule has 0 saturated heterocycles. The molecule has 0 aliphatic heterocycles. The summed E-state index contributed by atoms with van der Waals surface area (Å²) in [7, 11) is 7.67. The molecule has 3 aromatic carbocycles. The van der Waals surface area contributed by atoms with E-state index in [1.165, 1.54) is 13.2 Å². The van der Waals surface area contributed by atoms with Crippen LogP contribution in [0.5, 0.6) is 34.5 Å². The lowest BCUT2D eigenvalue weighted by Crippen LogP contribution is -2.08. The van der Waals surface area contributed by atoms with Gasteiger partial charge in [-0.05, 0) is 59.2 Å². The second-order valence-electron chi connectivity index (χ2n) is 7.51. The first kappa shape index (κ1) is 26.0. The molecule has 8 nitrogen and oxygen atoms in total. The van der Waals surface area contributed by atoms with Crippen molar-refractivity contribution in [2.75, 3.05) is 40.9 Å². The Labute approximate surface area is 210 Å². The van der Waals surface area contributed by atoms with Gasteiger partial charge in [-0.1, -0.05) is 24.3 Å². The SMILES string of the molecule is COc1ccc(/C=C/C(=O)Nc2cc(/C=C/c3cc(OC)c(OC)c(OC)c3)cc(OC)c2O)cc1. The quantitative estimate of drug-likeness (QED) is 0.227. The van der Waals surface area contributed by atoms with Crippen LogP contribution < -0.4 is 29.0 Å². The van der Waals surface area contributed by atoms with Crippen LogP contribution in [-0.4, -0.2) is 46.6 Å². The largest absolute Gasteiger partial charge is 0.503 e. The number of benzene rings is 3. The molecular formula is C28H29NO7. The summed E-state index contributed by atoms with van der Waals surface area (Å²) >= 11 is 0. The summed E-state index contributed by atoms with van der Waals surface area (Å²) in [5, 5.41) is 13.2. The van der Waals surface area contributed by atoms with Gasteiger partial charge in [0.1, 0.15) is 5.75 Å². The van der Waals surface area contributed by atoms with Crippen molar-refractivity contribution < 1.29 is 33.6 Å². The number of methoxy groups -OCH3 is 5. The van der Waals surface area contributed by atoms with E-state index in [2.05, 4.69) is 5.32 Å². The van der Waals surface area contributed by atoms with Gasteiger partial charge < -0.3 is 34.1 Å². The van der Waals surface area contributed by atoms with Crippen molar-refractivity contribution in [3.05, 3.63) is 71.3 Å². The topological polar surface area (TPSA) is 95.5 Å². The number of ether oxygens (including phenoxy) is 5. The van der Waals surface area contributed by atoms with Gasteiger partial charge in [-0.3, -0.25) is 4.79 Å². The zero-order valence-electron chi connectivity index (χ0n) is 20.8. The lowest BCUT2D eigenvalue weighted by atomic mass is 10.1. The molecule has 36 heavy (non-hydrogen) atoms. The molecule has 0 heterocycles. The van der Waals surface area contributed by atoms with Gasteiger partial charge in [0.25, 0.3) is 0 Å². The molecule has 0 saturated carbocycles. The standard InChI is InChI=1S/C28H29NO7/c1-32-21-11-8-18(9-12-21)10-13-26(30)29-22-14-19(15-23(33-2)27(22)31)6-7-20-16-24(34-3)28(36-5)25(17-20)35-4/h6-17,31H,1-5H3,(H,29,30)/b7-6+,13-10+. The van der Waals surface area contributed by atoms with Crippen LogP contribution in [0.3, 0.4) is 0 Å². The van der Waals surface area contributed by atoms with Gasteiger partial charge in [0.2, 0.25) is 11.7 Å².